The molecule has 1 aromatic carbocycles. The molecule has 5 heteroatoms. The van der Waals surface area contributed by atoms with Gasteiger partial charge in [0.05, 0.1) is 12.3 Å². The molecule has 0 spiro atoms. The first-order valence-corrected chi connectivity index (χ1v) is 7.69. The SMILES string of the molecule is Cc1ccc(Sc2nc3sccn3c2CO)cc1C. The van der Waals surface area contributed by atoms with Crippen LogP contribution >= 0.6 is 23.1 Å². The van der Waals surface area contributed by atoms with Crippen LogP contribution in [-0.2, 0) is 6.61 Å². The largest absolute Gasteiger partial charge is 0.390 e. The smallest absolute Gasteiger partial charge is 0.195 e. The predicted octanol–water partition coefficient (Wildman–Crippen LogP) is 3.66. The molecule has 3 aromatic rings. The Bertz CT molecular complexity index is 730. The fourth-order valence-electron chi connectivity index (χ4n) is 1.93. The maximum Gasteiger partial charge on any atom is 0.195 e. The Morgan fingerprint density at radius 2 is 2.16 bits per heavy atom. The van der Waals surface area contributed by atoms with Gasteiger partial charge in [0.15, 0.2) is 4.96 Å². The van der Waals surface area contributed by atoms with Crippen molar-refractivity contribution in [1.29, 1.82) is 0 Å². The van der Waals surface area contributed by atoms with Crippen LogP contribution in [0.25, 0.3) is 4.96 Å². The minimum absolute atomic E-state index is 0.00504. The van der Waals surface area contributed by atoms with Crippen LogP contribution in [-0.4, -0.2) is 14.5 Å². The highest BCUT2D eigenvalue weighted by molar-refractivity contribution is 7.99. The van der Waals surface area contributed by atoms with Gasteiger partial charge in [0.1, 0.15) is 5.03 Å². The van der Waals surface area contributed by atoms with Gasteiger partial charge in [-0.05, 0) is 37.1 Å². The van der Waals surface area contributed by atoms with Gasteiger partial charge in [-0.15, -0.1) is 11.3 Å². The maximum atomic E-state index is 9.53. The summed E-state index contributed by atoms with van der Waals surface area (Å²) in [6, 6.07) is 6.38. The number of fused-ring (bicyclic) bond motifs is 1. The molecule has 0 aliphatic rings. The zero-order valence-electron chi connectivity index (χ0n) is 10.8. The second-order valence-corrected chi connectivity index (χ2v) is 6.36. The second kappa shape index (κ2) is 5.00. The van der Waals surface area contributed by atoms with Crippen molar-refractivity contribution >= 4 is 28.1 Å². The van der Waals surface area contributed by atoms with Crippen LogP contribution < -0.4 is 0 Å². The van der Waals surface area contributed by atoms with Crippen molar-refractivity contribution < 1.29 is 5.11 Å². The lowest BCUT2D eigenvalue weighted by atomic mass is 10.1. The number of aryl methyl sites for hydroxylation is 2. The zero-order chi connectivity index (χ0) is 13.4. The molecule has 0 bridgehead atoms. The first-order chi connectivity index (χ1) is 9.19. The lowest BCUT2D eigenvalue weighted by molar-refractivity contribution is 0.272. The zero-order valence-corrected chi connectivity index (χ0v) is 12.4. The molecule has 3 nitrogen and oxygen atoms in total. The van der Waals surface area contributed by atoms with Crippen LogP contribution in [0.3, 0.4) is 0 Å². The minimum Gasteiger partial charge on any atom is -0.390 e. The summed E-state index contributed by atoms with van der Waals surface area (Å²) in [6.07, 6.45) is 1.95. The lowest BCUT2D eigenvalue weighted by Gasteiger charge is -2.04. The monoisotopic (exact) mass is 290 g/mol. The van der Waals surface area contributed by atoms with Gasteiger partial charge in [0.25, 0.3) is 0 Å². The number of imidazole rings is 1. The summed E-state index contributed by atoms with van der Waals surface area (Å²) >= 11 is 3.19. The number of hydrogen-bond donors (Lipinski definition) is 1. The molecule has 0 atom stereocenters. The molecular weight excluding hydrogens is 276 g/mol. The number of rotatable bonds is 3. The fourth-order valence-corrected chi connectivity index (χ4v) is 3.73. The number of hydrogen-bond acceptors (Lipinski definition) is 4. The van der Waals surface area contributed by atoms with Crippen LogP contribution in [0.5, 0.6) is 0 Å². The highest BCUT2D eigenvalue weighted by Gasteiger charge is 2.13. The van der Waals surface area contributed by atoms with Gasteiger partial charge in [-0.3, -0.25) is 4.40 Å². The number of aromatic nitrogens is 2. The summed E-state index contributed by atoms with van der Waals surface area (Å²) in [5.74, 6) is 0. The number of aliphatic hydroxyl groups excluding tert-OH is 1. The third kappa shape index (κ3) is 2.29. The highest BCUT2D eigenvalue weighted by atomic mass is 32.2. The van der Waals surface area contributed by atoms with Gasteiger partial charge in [-0.1, -0.05) is 17.8 Å². The molecule has 1 N–H and O–H groups in total. The molecule has 2 aromatic heterocycles. The number of aliphatic hydroxyl groups is 1. The Morgan fingerprint density at radius 1 is 1.32 bits per heavy atom. The van der Waals surface area contributed by atoms with Crippen molar-refractivity contribution in [2.45, 2.75) is 30.4 Å². The molecule has 98 valence electrons. The number of nitrogens with zero attached hydrogens (tertiary/aromatic N) is 2. The Morgan fingerprint density at radius 3 is 2.89 bits per heavy atom. The molecule has 0 aliphatic carbocycles. The normalized spacial score (nSPS) is 11.3. The third-order valence-electron chi connectivity index (χ3n) is 3.17. The van der Waals surface area contributed by atoms with E-state index in [0.717, 1.165) is 20.6 Å². The molecule has 0 amide bonds. The standard InChI is InChI=1S/C14H14N2OS2/c1-9-3-4-11(7-10(9)2)19-13-12(8-17)16-5-6-18-14(16)15-13/h3-7,17H,8H2,1-2H3. The topological polar surface area (TPSA) is 37.5 Å². The Hall–Kier alpha value is -1.30. The summed E-state index contributed by atoms with van der Waals surface area (Å²) < 4.78 is 1.95. The molecular formula is C14H14N2OS2. The molecule has 3 rings (SSSR count). The summed E-state index contributed by atoms with van der Waals surface area (Å²) in [7, 11) is 0. The molecule has 2 heterocycles. The van der Waals surface area contributed by atoms with Crippen molar-refractivity contribution in [2.75, 3.05) is 0 Å². The molecule has 19 heavy (non-hydrogen) atoms. The predicted molar refractivity (Wildman–Crippen MR) is 79.0 cm³/mol. The van der Waals surface area contributed by atoms with Crippen LogP contribution in [0, 0.1) is 13.8 Å². The molecule has 0 aliphatic heterocycles. The van der Waals surface area contributed by atoms with Crippen molar-refractivity contribution in [2.24, 2.45) is 0 Å². The summed E-state index contributed by atoms with van der Waals surface area (Å²) in [5.41, 5.74) is 3.42. The van der Waals surface area contributed by atoms with E-state index in [9.17, 15) is 5.11 Å². The van der Waals surface area contributed by atoms with Crippen LogP contribution in [0.4, 0.5) is 0 Å². The van der Waals surface area contributed by atoms with Crippen molar-refractivity contribution in [3.8, 4) is 0 Å². The lowest BCUT2D eigenvalue weighted by Crippen LogP contribution is -1.91. The van der Waals surface area contributed by atoms with E-state index in [1.807, 2.05) is 16.0 Å². The van der Waals surface area contributed by atoms with Crippen LogP contribution in [0.2, 0.25) is 0 Å². The Kier molecular flexibility index (Phi) is 3.35. The first kappa shape index (κ1) is 12.7. The van der Waals surface area contributed by atoms with Crippen molar-refractivity contribution in [3.63, 3.8) is 0 Å². The molecule has 0 saturated heterocycles. The van der Waals surface area contributed by atoms with E-state index in [2.05, 4.69) is 37.0 Å². The molecule has 0 fully saturated rings. The fraction of sp³-hybridized carbons (Fsp3) is 0.214. The molecule has 0 radical (unpaired) electrons. The third-order valence-corrected chi connectivity index (χ3v) is 4.93. The number of benzene rings is 1. The average Bonchev–Trinajstić information content (AvgIpc) is 2.94. The maximum absolute atomic E-state index is 9.53. The van der Waals surface area contributed by atoms with Gasteiger partial charge < -0.3 is 5.11 Å². The Balaban J connectivity index is 2.00. The van der Waals surface area contributed by atoms with Gasteiger partial charge >= 0.3 is 0 Å². The van der Waals surface area contributed by atoms with Crippen LogP contribution in [0.15, 0.2) is 39.7 Å². The summed E-state index contributed by atoms with van der Waals surface area (Å²) in [6.45, 7) is 4.22. The van der Waals surface area contributed by atoms with Crippen molar-refractivity contribution in [1.82, 2.24) is 9.38 Å². The van der Waals surface area contributed by atoms with Crippen molar-refractivity contribution in [3.05, 3.63) is 46.6 Å². The van der Waals surface area contributed by atoms with Gasteiger partial charge in [0, 0.05) is 16.5 Å². The van der Waals surface area contributed by atoms with Gasteiger partial charge in [0.2, 0.25) is 0 Å². The summed E-state index contributed by atoms with van der Waals surface area (Å²) in [5, 5.41) is 12.4. The number of thiazole rings is 1. The van der Waals surface area contributed by atoms with E-state index in [-0.39, 0.29) is 6.61 Å². The average molecular weight is 290 g/mol. The quantitative estimate of drug-likeness (QED) is 0.800. The summed E-state index contributed by atoms with van der Waals surface area (Å²) in [4.78, 5) is 6.66. The first-order valence-electron chi connectivity index (χ1n) is 5.99. The van der Waals surface area contributed by atoms with E-state index in [1.54, 1.807) is 23.1 Å². The molecule has 0 unspecified atom stereocenters. The van der Waals surface area contributed by atoms with E-state index in [1.165, 1.54) is 11.1 Å². The second-order valence-electron chi connectivity index (χ2n) is 4.43. The van der Waals surface area contributed by atoms with E-state index < -0.39 is 0 Å². The highest BCUT2D eigenvalue weighted by Crippen LogP contribution is 2.32. The van der Waals surface area contributed by atoms with E-state index in [0.29, 0.717) is 0 Å². The minimum atomic E-state index is 0.00504. The van der Waals surface area contributed by atoms with Gasteiger partial charge in [-0.2, -0.15) is 0 Å². The van der Waals surface area contributed by atoms with E-state index >= 15 is 0 Å². The van der Waals surface area contributed by atoms with Crippen LogP contribution in [0.1, 0.15) is 16.8 Å². The van der Waals surface area contributed by atoms with E-state index in [4.69, 9.17) is 0 Å². The Labute approximate surface area is 119 Å². The molecule has 0 saturated carbocycles. The van der Waals surface area contributed by atoms with Gasteiger partial charge in [-0.25, -0.2) is 4.98 Å².